The number of hydrogen-bond donors (Lipinski definition) is 1. The molecule has 2 aliphatic rings. The van der Waals surface area contributed by atoms with Crippen molar-refractivity contribution in [3.8, 4) is 5.75 Å². The zero-order valence-corrected chi connectivity index (χ0v) is 13.6. The first-order valence-electron chi connectivity index (χ1n) is 8.49. The zero-order valence-electron chi connectivity index (χ0n) is 13.6. The molecular weight excluding hydrogens is 292 g/mol. The minimum absolute atomic E-state index is 0.00712. The number of nitrogens with zero attached hydrogens (tertiary/aromatic N) is 1. The molecule has 1 unspecified atom stereocenters. The Morgan fingerprint density at radius 2 is 2.04 bits per heavy atom. The van der Waals surface area contributed by atoms with Gasteiger partial charge in [-0.15, -0.1) is 0 Å². The molecule has 2 fully saturated rings. The van der Waals surface area contributed by atoms with Crippen molar-refractivity contribution in [2.24, 2.45) is 0 Å². The van der Waals surface area contributed by atoms with Gasteiger partial charge in [0.25, 0.3) is 5.91 Å². The molecule has 0 radical (unpaired) electrons. The lowest BCUT2D eigenvalue weighted by molar-refractivity contribution is -0.140. The Kier molecular flexibility index (Phi) is 4.84. The summed E-state index contributed by atoms with van der Waals surface area (Å²) in [5, 5.41) is 3.00. The van der Waals surface area contributed by atoms with E-state index in [9.17, 15) is 9.59 Å². The van der Waals surface area contributed by atoms with Crippen molar-refractivity contribution in [3.05, 3.63) is 29.8 Å². The number of benzene rings is 1. The van der Waals surface area contributed by atoms with Gasteiger partial charge in [-0.2, -0.15) is 0 Å². The molecule has 1 aromatic rings. The molecule has 1 aliphatic carbocycles. The third kappa shape index (κ3) is 3.84. The molecular formula is C18H24N2O3. The summed E-state index contributed by atoms with van der Waals surface area (Å²) in [4.78, 5) is 26.4. The quantitative estimate of drug-likeness (QED) is 0.872. The molecule has 5 nitrogen and oxygen atoms in total. The highest BCUT2D eigenvalue weighted by molar-refractivity contribution is 5.89. The van der Waals surface area contributed by atoms with Crippen molar-refractivity contribution in [1.82, 2.24) is 10.2 Å². The van der Waals surface area contributed by atoms with Crippen LogP contribution in [0.25, 0.3) is 0 Å². The molecule has 5 heteroatoms. The summed E-state index contributed by atoms with van der Waals surface area (Å²) in [6.45, 7) is 2.69. The number of carbonyl (C=O) groups is 2. The van der Waals surface area contributed by atoms with Crippen LogP contribution in [0.15, 0.2) is 24.3 Å². The predicted octanol–water partition coefficient (Wildman–Crippen LogP) is 1.90. The molecule has 3 rings (SSSR count). The van der Waals surface area contributed by atoms with Gasteiger partial charge in [0.05, 0.1) is 0 Å². The van der Waals surface area contributed by atoms with Gasteiger partial charge in [-0.3, -0.25) is 9.59 Å². The summed E-state index contributed by atoms with van der Waals surface area (Å²) in [5.74, 6) is 0.637. The van der Waals surface area contributed by atoms with Crippen LogP contribution in [0, 0.1) is 0 Å². The maximum Gasteiger partial charge on any atom is 0.261 e. The molecule has 1 heterocycles. The number of carbonyl (C=O) groups excluding carboxylic acids is 2. The standard InChI is InChI=1S/C18H24N2O3/c1-2-13-6-3-4-8-16(13)23-12-17(21)20-11-5-7-15(20)18(22)19-14-9-10-14/h3-4,6,8,14-15H,2,5,7,9-12H2,1H3,(H,19,22). The van der Waals surface area contributed by atoms with E-state index in [1.807, 2.05) is 24.3 Å². The summed E-state index contributed by atoms with van der Waals surface area (Å²) in [6, 6.07) is 7.75. The summed E-state index contributed by atoms with van der Waals surface area (Å²) in [6.07, 6.45) is 4.60. The predicted molar refractivity (Wildman–Crippen MR) is 87.2 cm³/mol. The maximum atomic E-state index is 12.5. The molecule has 1 saturated heterocycles. The number of likely N-dealkylation sites (tertiary alicyclic amines) is 1. The van der Waals surface area contributed by atoms with E-state index in [1.54, 1.807) is 4.90 Å². The molecule has 0 spiro atoms. The monoisotopic (exact) mass is 316 g/mol. The van der Waals surface area contributed by atoms with Crippen LogP contribution in [0.1, 0.15) is 38.2 Å². The fourth-order valence-corrected chi connectivity index (χ4v) is 3.02. The van der Waals surface area contributed by atoms with Crippen LogP contribution >= 0.6 is 0 Å². The normalized spacial score (nSPS) is 20.4. The number of aryl methyl sites for hydroxylation is 1. The largest absolute Gasteiger partial charge is 0.483 e. The van der Waals surface area contributed by atoms with Crippen molar-refractivity contribution in [1.29, 1.82) is 0 Å². The number of amides is 2. The fraction of sp³-hybridized carbons (Fsp3) is 0.556. The van der Waals surface area contributed by atoms with Crippen molar-refractivity contribution in [2.45, 2.75) is 51.1 Å². The van der Waals surface area contributed by atoms with E-state index in [2.05, 4.69) is 12.2 Å². The van der Waals surface area contributed by atoms with Crippen molar-refractivity contribution < 1.29 is 14.3 Å². The summed E-state index contributed by atoms with van der Waals surface area (Å²) in [7, 11) is 0. The topological polar surface area (TPSA) is 58.6 Å². The number of hydrogen-bond acceptors (Lipinski definition) is 3. The Balaban J connectivity index is 1.57. The first kappa shape index (κ1) is 15.8. The Bertz CT molecular complexity index is 583. The van der Waals surface area contributed by atoms with Gasteiger partial charge in [0, 0.05) is 12.6 Å². The average molecular weight is 316 g/mol. The van der Waals surface area contributed by atoms with Crippen LogP contribution in [-0.2, 0) is 16.0 Å². The average Bonchev–Trinajstić information content (AvgIpc) is 3.24. The van der Waals surface area contributed by atoms with E-state index < -0.39 is 0 Å². The lowest BCUT2D eigenvalue weighted by atomic mass is 10.1. The second-order valence-electron chi connectivity index (χ2n) is 6.28. The van der Waals surface area contributed by atoms with Crippen LogP contribution in [0.4, 0.5) is 0 Å². The molecule has 1 atom stereocenters. The van der Waals surface area contributed by atoms with E-state index in [0.29, 0.717) is 12.6 Å². The maximum absolute atomic E-state index is 12.5. The number of rotatable bonds is 6. The number of ether oxygens (including phenoxy) is 1. The second-order valence-corrected chi connectivity index (χ2v) is 6.28. The minimum atomic E-state index is -0.326. The SMILES string of the molecule is CCc1ccccc1OCC(=O)N1CCCC1C(=O)NC1CC1. The first-order valence-corrected chi connectivity index (χ1v) is 8.49. The van der Waals surface area contributed by atoms with Crippen LogP contribution in [0.2, 0.25) is 0 Å². The third-order valence-corrected chi connectivity index (χ3v) is 4.50. The molecule has 0 aromatic heterocycles. The molecule has 1 N–H and O–H groups in total. The lowest BCUT2D eigenvalue weighted by Gasteiger charge is -2.24. The van der Waals surface area contributed by atoms with E-state index >= 15 is 0 Å². The number of nitrogens with one attached hydrogen (secondary N) is 1. The molecule has 124 valence electrons. The highest BCUT2D eigenvalue weighted by atomic mass is 16.5. The third-order valence-electron chi connectivity index (χ3n) is 4.50. The van der Waals surface area contributed by atoms with Gasteiger partial charge in [-0.25, -0.2) is 0 Å². The highest BCUT2D eigenvalue weighted by Crippen LogP contribution is 2.23. The lowest BCUT2D eigenvalue weighted by Crippen LogP contribution is -2.47. The van der Waals surface area contributed by atoms with Crippen LogP contribution in [-0.4, -0.2) is 41.9 Å². The van der Waals surface area contributed by atoms with Gasteiger partial charge >= 0.3 is 0 Å². The minimum Gasteiger partial charge on any atom is -0.483 e. The first-order chi connectivity index (χ1) is 11.2. The number of para-hydroxylation sites is 1. The van der Waals surface area contributed by atoms with Crippen LogP contribution in [0.3, 0.4) is 0 Å². The zero-order chi connectivity index (χ0) is 16.2. The Morgan fingerprint density at radius 1 is 1.26 bits per heavy atom. The van der Waals surface area contributed by atoms with Gasteiger partial charge in [0.2, 0.25) is 5.91 Å². The molecule has 0 bridgehead atoms. The van der Waals surface area contributed by atoms with E-state index in [0.717, 1.165) is 43.4 Å². The van der Waals surface area contributed by atoms with Gasteiger partial charge in [-0.1, -0.05) is 25.1 Å². The summed E-state index contributed by atoms with van der Waals surface area (Å²) < 4.78 is 5.70. The smallest absolute Gasteiger partial charge is 0.261 e. The van der Waals surface area contributed by atoms with E-state index in [1.165, 1.54) is 0 Å². The van der Waals surface area contributed by atoms with Crippen LogP contribution < -0.4 is 10.1 Å². The van der Waals surface area contributed by atoms with E-state index in [4.69, 9.17) is 4.74 Å². The van der Waals surface area contributed by atoms with Crippen molar-refractivity contribution in [2.75, 3.05) is 13.2 Å². The van der Waals surface area contributed by atoms with Gasteiger partial charge in [0.1, 0.15) is 11.8 Å². The summed E-state index contributed by atoms with van der Waals surface area (Å²) in [5.41, 5.74) is 1.09. The van der Waals surface area contributed by atoms with Crippen LogP contribution in [0.5, 0.6) is 5.75 Å². The van der Waals surface area contributed by atoms with E-state index in [-0.39, 0.29) is 24.5 Å². The van der Waals surface area contributed by atoms with Crippen molar-refractivity contribution in [3.63, 3.8) is 0 Å². The fourth-order valence-electron chi connectivity index (χ4n) is 3.02. The Labute approximate surface area is 137 Å². The Morgan fingerprint density at radius 3 is 2.78 bits per heavy atom. The second kappa shape index (κ2) is 7.02. The van der Waals surface area contributed by atoms with Gasteiger partial charge in [0.15, 0.2) is 6.61 Å². The molecule has 1 aliphatic heterocycles. The van der Waals surface area contributed by atoms with Crippen molar-refractivity contribution >= 4 is 11.8 Å². The van der Waals surface area contributed by atoms with Gasteiger partial charge < -0.3 is 15.0 Å². The molecule has 23 heavy (non-hydrogen) atoms. The Hall–Kier alpha value is -2.04. The highest BCUT2D eigenvalue weighted by Gasteiger charge is 2.36. The molecule has 1 aromatic carbocycles. The molecule has 2 amide bonds. The molecule has 1 saturated carbocycles. The van der Waals surface area contributed by atoms with Gasteiger partial charge in [-0.05, 0) is 43.7 Å². The summed E-state index contributed by atoms with van der Waals surface area (Å²) >= 11 is 0.